The standard InChI is InChI=1S/C16H23N5O/c1-11(2)14-17-15(19-18-14)12-7-4-5-10-21(12)16(22)13-8-6-9-20(13)3/h6,8-9,11-12H,4-5,7,10H2,1-3H3,(H,17,18,19)/t12-/m0/s1. The molecule has 0 aromatic carbocycles. The van der Waals surface area contributed by atoms with Crippen LogP contribution in [0, 0.1) is 0 Å². The number of aryl methyl sites for hydroxylation is 1. The van der Waals surface area contributed by atoms with E-state index < -0.39 is 0 Å². The van der Waals surface area contributed by atoms with E-state index in [0.717, 1.165) is 43.1 Å². The third kappa shape index (κ3) is 2.65. The number of rotatable bonds is 3. The molecule has 2 aromatic heterocycles. The Bertz CT molecular complexity index is 657. The lowest BCUT2D eigenvalue weighted by Crippen LogP contribution is -2.39. The van der Waals surface area contributed by atoms with Gasteiger partial charge in [-0.05, 0) is 31.4 Å². The Balaban J connectivity index is 1.87. The molecule has 1 saturated heterocycles. The van der Waals surface area contributed by atoms with Crippen LogP contribution in [0.15, 0.2) is 18.3 Å². The Hall–Kier alpha value is -2.11. The lowest BCUT2D eigenvalue weighted by Gasteiger charge is -2.34. The molecule has 6 heteroatoms. The summed E-state index contributed by atoms with van der Waals surface area (Å²) in [4.78, 5) is 19.4. The van der Waals surface area contributed by atoms with Gasteiger partial charge in [0.1, 0.15) is 11.5 Å². The number of carbonyl (C=O) groups excluding carboxylic acids is 1. The predicted molar refractivity (Wildman–Crippen MR) is 83.5 cm³/mol. The lowest BCUT2D eigenvalue weighted by molar-refractivity contribution is 0.0590. The van der Waals surface area contributed by atoms with Gasteiger partial charge in [0, 0.05) is 25.7 Å². The van der Waals surface area contributed by atoms with Gasteiger partial charge >= 0.3 is 0 Å². The van der Waals surface area contributed by atoms with Crippen LogP contribution in [0.2, 0.25) is 0 Å². The lowest BCUT2D eigenvalue weighted by atomic mass is 10.0. The third-order valence-electron chi connectivity index (χ3n) is 4.28. The Morgan fingerprint density at radius 3 is 2.86 bits per heavy atom. The fourth-order valence-electron chi connectivity index (χ4n) is 2.98. The first kappa shape index (κ1) is 14.8. The smallest absolute Gasteiger partial charge is 0.271 e. The SMILES string of the molecule is CC(C)c1n[nH]c([C@@H]2CCCCN2C(=O)c2cccn2C)n1. The van der Waals surface area contributed by atoms with Crippen molar-refractivity contribution in [2.24, 2.45) is 7.05 Å². The number of aromatic nitrogens is 4. The van der Waals surface area contributed by atoms with E-state index in [1.54, 1.807) is 0 Å². The van der Waals surface area contributed by atoms with Crippen LogP contribution in [0.4, 0.5) is 0 Å². The maximum absolute atomic E-state index is 12.8. The number of hydrogen-bond donors (Lipinski definition) is 1. The van der Waals surface area contributed by atoms with E-state index in [0.29, 0.717) is 0 Å². The first-order valence-corrected chi connectivity index (χ1v) is 7.92. The molecule has 1 aliphatic rings. The van der Waals surface area contributed by atoms with Crippen molar-refractivity contribution in [2.75, 3.05) is 6.54 Å². The summed E-state index contributed by atoms with van der Waals surface area (Å²) in [5.74, 6) is 1.98. The third-order valence-corrected chi connectivity index (χ3v) is 4.28. The molecule has 1 N–H and O–H groups in total. The summed E-state index contributed by atoms with van der Waals surface area (Å²) in [5.41, 5.74) is 0.718. The molecule has 0 unspecified atom stereocenters. The van der Waals surface area contributed by atoms with Gasteiger partial charge in [0.2, 0.25) is 0 Å². The summed E-state index contributed by atoms with van der Waals surface area (Å²) in [6.07, 6.45) is 4.98. The summed E-state index contributed by atoms with van der Waals surface area (Å²) in [5, 5.41) is 7.33. The predicted octanol–water partition coefficient (Wildman–Crippen LogP) is 2.63. The molecule has 0 saturated carbocycles. The average molecular weight is 301 g/mol. The first-order valence-electron chi connectivity index (χ1n) is 7.92. The highest BCUT2D eigenvalue weighted by molar-refractivity contribution is 5.93. The minimum atomic E-state index is -0.00356. The molecule has 1 aliphatic heterocycles. The fraction of sp³-hybridized carbons (Fsp3) is 0.562. The molecular weight excluding hydrogens is 278 g/mol. The number of nitrogens with one attached hydrogen (secondary N) is 1. The molecule has 3 rings (SSSR count). The van der Waals surface area contributed by atoms with Crippen LogP contribution in [-0.4, -0.2) is 37.1 Å². The molecule has 2 aromatic rings. The Morgan fingerprint density at radius 1 is 1.41 bits per heavy atom. The van der Waals surface area contributed by atoms with Gasteiger partial charge in [-0.3, -0.25) is 9.89 Å². The normalized spacial score (nSPS) is 18.9. The zero-order valence-corrected chi connectivity index (χ0v) is 13.4. The largest absolute Gasteiger partial charge is 0.347 e. The monoisotopic (exact) mass is 301 g/mol. The number of carbonyl (C=O) groups is 1. The van der Waals surface area contributed by atoms with Crippen LogP contribution in [0.3, 0.4) is 0 Å². The Morgan fingerprint density at radius 2 is 2.23 bits per heavy atom. The second kappa shape index (κ2) is 5.94. The van der Waals surface area contributed by atoms with Gasteiger partial charge in [-0.15, -0.1) is 0 Å². The van der Waals surface area contributed by atoms with Crippen molar-refractivity contribution in [3.8, 4) is 0 Å². The number of likely N-dealkylation sites (tertiary alicyclic amines) is 1. The van der Waals surface area contributed by atoms with Crippen LogP contribution in [0.5, 0.6) is 0 Å². The molecule has 0 spiro atoms. The van der Waals surface area contributed by atoms with Crippen LogP contribution >= 0.6 is 0 Å². The molecule has 0 aliphatic carbocycles. The van der Waals surface area contributed by atoms with Crippen molar-refractivity contribution >= 4 is 5.91 Å². The van der Waals surface area contributed by atoms with Crippen LogP contribution in [-0.2, 0) is 7.05 Å². The number of nitrogens with zero attached hydrogens (tertiary/aromatic N) is 4. The van der Waals surface area contributed by atoms with Gasteiger partial charge in [0.15, 0.2) is 5.82 Å². The van der Waals surface area contributed by atoms with Gasteiger partial charge in [-0.2, -0.15) is 5.10 Å². The Kier molecular flexibility index (Phi) is 4.00. The summed E-state index contributed by atoms with van der Waals surface area (Å²) in [6.45, 7) is 4.91. The first-order chi connectivity index (χ1) is 10.6. The highest BCUT2D eigenvalue weighted by Gasteiger charge is 2.32. The molecule has 118 valence electrons. The fourth-order valence-corrected chi connectivity index (χ4v) is 2.98. The van der Waals surface area contributed by atoms with Gasteiger partial charge in [0.25, 0.3) is 5.91 Å². The second-order valence-corrected chi connectivity index (χ2v) is 6.25. The van der Waals surface area contributed by atoms with Crippen LogP contribution in [0.25, 0.3) is 0 Å². The number of hydrogen-bond acceptors (Lipinski definition) is 3. The molecule has 6 nitrogen and oxygen atoms in total. The molecular formula is C16H23N5O. The van der Waals surface area contributed by atoms with Crippen molar-refractivity contribution in [2.45, 2.75) is 45.1 Å². The summed E-state index contributed by atoms with van der Waals surface area (Å²) >= 11 is 0. The quantitative estimate of drug-likeness (QED) is 0.947. The van der Waals surface area contributed by atoms with Crippen LogP contribution < -0.4 is 0 Å². The molecule has 3 heterocycles. The highest BCUT2D eigenvalue weighted by atomic mass is 16.2. The molecule has 22 heavy (non-hydrogen) atoms. The number of aromatic amines is 1. The van der Waals surface area contributed by atoms with E-state index in [2.05, 4.69) is 29.0 Å². The highest BCUT2D eigenvalue weighted by Crippen LogP contribution is 2.30. The zero-order valence-electron chi connectivity index (χ0n) is 13.4. The van der Waals surface area contributed by atoms with Crippen molar-refractivity contribution in [3.05, 3.63) is 35.7 Å². The number of H-pyrrole nitrogens is 1. The molecule has 1 amide bonds. The van der Waals surface area contributed by atoms with Crippen LogP contribution in [0.1, 0.15) is 67.2 Å². The van der Waals surface area contributed by atoms with E-state index >= 15 is 0 Å². The summed E-state index contributed by atoms with van der Waals surface area (Å²) < 4.78 is 1.87. The van der Waals surface area contributed by atoms with Gasteiger partial charge in [0.05, 0.1) is 6.04 Å². The van der Waals surface area contributed by atoms with E-state index in [1.165, 1.54) is 0 Å². The van der Waals surface area contributed by atoms with Crippen molar-refractivity contribution in [1.29, 1.82) is 0 Å². The minimum absolute atomic E-state index is 0.00356. The van der Waals surface area contributed by atoms with Crippen molar-refractivity contribution in [1.82, 2.24) is 24.6 Å². The number of amides is 1. The number of piperidine rings is 1. The van der Waals surface area contributed by atoms with Crippen molar-refractivity contribution in [3.63, 3.8) is 0 Å². The minimum Gasteiger partial charge on any atom is -0.347 e. The van der Waals surface area contributed by atoms with Crippen molar-refractivity contribution < 1.29 is 4.79 Å². The molecule has 0 bridgehead atoms. The Labute approximate surface area is 130 Å². The van der Waals surface area contributed by atoms with Gasteiger partial charge < -0.3 is 9.47 Å². The maximum Gasteiger partial charge on any atom is 0.271 e. The topological polar surface area (TPSA) is 66.8 Å². The van der Waals surface area contributed by atoms with E-state index in [9.17, 15) is 4.79 Å². The average Bonchev–Trinajstić information content (AvgIpc) is 3.15. The molecule has 1 fully saturated rings. The molecule has 0 radical (unpaired) electrons. The van der Waals surface area contributed by atoms with Gasteiger partial charge in [-0.25, -0.2) is 4.98 Å². The maximum atomic E-state index is 12.8. The van der Waals surface area contributed by atoms with Gasteiger partial charge in [-0.1, -0.05) is 13.8 Å². The summed E-state index contributed by atoms with van der Waals surface area (Å²) in [6, 6.07) is 3.77. The zero-order chi connectivity index (χ0) is 15.7. The van der Waals surface area contributed by atoms with E-state index in [-0.39, 0.29) is 17.9 Å². The second-order valence-electron chi connectivity index (χ2n) is 6.25. The molecule has 1 atom stereocenters. The van der Waals surface area contributed by atoms with E-state index in [4.69, 9.17) is 0 Å². The van der Waals surface area contributed by atoms with E-state index in [1.807, 2.05) is 34.8 Å². The summed E-state index contributed by atoms with van der Waals surface area (Å²) in [7, 11) is 1.90.